The Labute approximate surface area is 104 Å². The normalized spacial score (nSPS) is 26.9. The number of carbonyl (C=O) groups excluding carboxylic acids is 1. The molecular formula is C13H25NO3. The van der Waals surface area contributed by atoms with Crippen LogP contribution in [0.3, 0.4) is 0 Å². The predicted molar refractivity (Wildman–Crippen MR) is 66.8 cm³/mol. The molecule has 17 heavy (non-hydrogen) atoms. The number of nitrogens with one attached hydrogen (secondary N) is 1. The first-order valence-corrected chi connectivity index (χ1v) is 6.54. The van der Waals surface area contributed by atoms with Crippen LogP contribution in [0.25, 0.3) is 0 Å². The summed E-state index contributed by atoms with van der Waals surface area (Å²) < 4.78 is 10.5. The van der Waals surface area contributed by atoms with Gasteiger partial charge in [-0.3, -0.25) is 4.79 Å². The fraction of sp³-hybridized carbons (Fsp3) is 0.923. The molecule has 1 aliphatic heterocycles. The Bertz CT molecular complexity index is 243. The quantitative estimate of drug-likeness (QED) is 0.747. The lowest BCUT2D eigenvalue weighted by Crippen LogP contribution is -2.50. The van der Waals surface area contributed by atoms with E-state index < -0.39 is 0 Å². The summed E-state index contributed by atoms with van der Waals surface area (Å²) in [6, 6.07) is 0.154. The molecule has 2 unspecified atom stereocenters. The Kier molecular flexibility index (Phi) is 5.92. The molecule has 3 atom stereocenters. The molecule has 1 N–H and O–H groups in total. The molecule has 1 saturated heterocycles. The average molecular weight is 243 g/mol. The van der Waals surface area contributed by atoms with Gasteiger partial charge in [-0.15, -0.1) is 0 Å². The Morgan fingerprint density at radius 2 is 2.24 bits per heavy atom. The van der Waals surface area contributed by atoms with E-state index in [9.17, 15) is 4.79 Å². The van der Waals surface area contributed by atoms with E-state index in [2.05, 4.69) is 12.2 Å². The molecule has 1 aliphatic rings. The average Bonchev–Trinajstić information content (AvgIpc) is 2.35. The van der Waals surface area contributed by atoms with Crippen molar-refractivity contribution in [3.05, 3.63) is 0 Å². The molecular weight excluding hydrogens is 218 g/mol. The first-order valence-electron chi connectivity index (χ1n) is 6.54. The van der Waals surface area contributed by atoms with Crippen molar-refractivity contribution in [1.29, 1.82) is 0 Å². The monoisotopic (exact) mass is 243 g/mol. The van der Waals surface area contributed by atoms with Crippen molar-refractivity contribution in [3.63, 3.8) is 0 Å². The summed E-state index contributed by atoms with van der Waals surface area (Å²) in [6.45, 7) is 6.98. The van der Waals surface area contributed by atoms with Gasteiger partial charge in [0.05, 0.1) is 13.2 Å². The second-order valence-electron chi connectivity index (χ2n) is 5.03. The fourth-order valence-corrected chi connectivity index (χ4v) is 2.23. The van der Waals surface area contributed by atoms with Crippen LogP contribution in [-0.4, -0.2) is 37.9 Å². The lowest BCUT2D eigenvalue weighted by Gasteiger charge is -2.33. The van der Waals surface area contributed by atoms with Crippen LogP contribution >= 0.6 is 0 Å². The number of ether oxygens (including phenoxy) is 2. The number of rotatable bonds is 5. The van der Waals surface area contributed by atoms with Gasteiger partial charge in [0.25, 0.3) is 0 Å². The zero-order valence-corrected chi connectivity index (χ0v) is 11.4. The Morgan fingerprint density at radius 3 is 2.76 bits per heavy atom. The lowest BCUT2D eigenvalue weighted by molar-refractivity contribution is -0.145. The Morgan fingerprint density at radius 1 is 1.53 bits per heavy atom. The Hall–Kier alpha value is -0.610. The van der Waals surface area contributed by atoms with Crippen molar-refractivity contribution in [1.82, 2.24) is 5.32 Å². The zero-order valence-electron chi connectivity index (χ0n) is 11.4. The Balaban J connectivity index is 2.51. The number of esters is 1. The number of hydrogen-bond acceptors (Lipinski definition) is 4. The maximum atomic E-state index is 11.7. The summed E-state index contributed by atoms with van der Waals surface area (Å²) in [4.78, 5) is 11.7. The SMILES string of the molecule is CCC1CC(N[C@H](C(=O)OC)C(C)C)CCO1. The van der Waals surface area contributed by atoms with Crippen LogP contribution in [0.15, 0.2) is 0 Å². The highest BCUT2D eigenvalue weighted by Crippen LogP contribution is 2.18. The molecule has 0 spiro atoms. The van der Waals surface area contributed by atoms with Crippen LogP contribution in [0, 0.1) is 5.92 Å². The molecule has 4 nitrogen and oxygen atoms in total. The minimum atomic E-state index is -0.208. The molecule has 4 heteroatoms. The molecule has 0 aromatic rings. The largest absolute Gasteiger partial charge is 0.468 e. The van der Waals surface area contributed by atoms with E-state index in [-0.39, 0.29) is 17.9 Å². The van der Waals surface area contributed by atoms with Crippen molar-refractivity contribution in [2.45, 2.75) is 58.2 Å². The van der Waals surface area contributed by atoms with Crippen LogP contribution in [0.1, 0.15) is 40.0 Å². The molecule has 0 amide bonds. The van der Waals surface area contributed by atoms with Gasteiger partial charge in [0.2, 0.25) is 0 Å². The number of hydrogen-bond donors (Lipinski definition) is 1. The summed E-state index contributed by atoms with van der Waals surface area (Å²) >= 11 is 0. The molecule has 100 valence electrons. The summed E-state index contributed by atoms with van der Waals surface area (Å²) in [5, 5.41) is 3.42. The molecule has 1 fully saturated rings. The number of carbonyl (C=O) groups is 1. The summed E-state index contributed by atoms with van der Waals surface area (Å²) in [5.41, 5.74) is 0. The second-order valence-corrected chi connectivity index (χ2v) is 5.03. The summed E-state index contributed by atoms with van der Waals surface area (Å²) in [6.07, 6.45) is 3.31. The van der Waals surface area contributed by atoms with Gasteiger partial charge in [-0.1, -0.05) is 20.8 Å². The van der Waals surface area contributed by atoms with Crippen molar-refractivity contribution in [3.8, 4) is 0 Å². The van der Waals surface area contributed by atoms with E-state index in [1.807, 2.05) is 13.8 Å². The first-order chi connectivity index (χ1) is 8.08. The minimum absolute atomic E-state index is 0.167. The van der Waals surface area contributed by atoms with Gasteiger partial charge in [0, 0.05) is 12.6 Å². The molecule has 0 aliphatic carbocycles. The van der Waals surface area contributed by atoms with E-state index >= 15 is 0 Å². The highest BCUT2D eigenvalue weighted by atomic mass is 16.5. The molecule has 0 radical (unpaired) electrons. The maximum Gasteiger partial charge on any atom is 0.323 e. The van der Waals surface area contributed by atoms with Crippen molar-refractivity contribution in [2.24, 2.45) is 5.92 Å². The first kappa shape index (κ1) is 14.5. The molecule has 0 saturated carbocycles. The maximum absolute atomic E-state index is 11.7. The van der Waals surface area contributed by atoms with Gasteiger partial charge in [-0.2, -0.15) is 0 Å². The van der Waals surface area contributed by atoms with E-state index in [1.54, 1.807) is 0 Å². The highest BCUT2D eigenvalue weighted by Gasteiger charge is 2.29. The summed E-state index contributed by atoms with van der Waals surface area (Å²) in [5.74, 6) is 0.0740. The van der Waals surface area contributed by atoms with Gasteiger partial charge in [0.1, 0.15) is 6.04 Å². The van der Waals surface area contributed by atoms with Crippen LogP contribution in [0.5, 0.6) is 0 Å². The predicted octanol–water partition coefficient (Wildman–Crippen LogP) is 1.73. The molecule has 1 rings (SSSR count). The zero-order chi connectivity index (χ0) is 12.8. The molecule has 1 heterocycles. The van der Waals surface area contributed by atoms with Crippen LogP contribution in [0.2, 0.25) is 0 Å². The van der Waals surface area contributed by atoms with E-state index in [0.717, 1.165) is 25.9 Å². The summed E-state index contributed by atoms with van der Waals surface area (Å²) in [7, 11) is 1.44. The minimum Gasteiger partial charge on any atom is -0.468 e. The van der Waals surface area contributed by atoms with Gasteiger partial charge in [0.15, 0.2) is 0 Å². The van der Waals surface area contributed by atoms with Gasteiger partial charge in [-0.25, -0.2) is 0 Å². The fourth-order valence-electron chi connectivity index (χ4n) is 2.23. The van der Waals surface area contributed by atoms with Gasteiger partial charge < -0.3 is 14.8 Å². The lowest BCUT2D eigenvalue weighted by atomic mass is 9.97. The third-order valence-electron chi connectivity index (χ3n) is 3.36. The highest BCUT2D eigenvalue weighted by molar-refractivity contribution is 5.75. The van der Waals surface area contributed by atoms with Crippen molar-refractivity contribution < 1.29 is 14.3 Å². The van der Waals surface area contributed by atoms with Crippen molar-refractivity contribution in [2.75, 3.05) is 13.7 Å². The van der Waals surface area contributed by atoms with Crippen LogP contribution in [-0.2, 0) is 14.3 Å². The number of methoxy groups -OCH3 is 1. The smallest absolute Gasteiger partial charge is 0.323 e. The molecule has 0 bridgehead atoms. The van der Waals surface area contributed by atoms with E-state index in [4.69, 9.17) is 9.47 Å². The van der Waals surface area contributed by atoms with E-state index in [0.29, 0.717) is 12.1 Å². The standard InChI is InChI=1S/C13H25NO3/c1-5-11-8-10(6-7-17-11)14-12(9(2)3)13(15)16-4/h9-12,14H,5-8H2,1-4H3/t10?,11?,12-/m0/s1. The second kappa shape index (κ2) is 6.97. The topological polar surface area (TPSA) is 47.6 Å². The molecule has 0 aromatic heterocycles. The third kappa shape index (κ3) is 4.28. The third-order valence-corrected chi connectivity index (χ3v) is 3.36. The van der Waals surface area contributed by atoms with Crippen molar-refractivity contribution >= 4 is 5.97 Å². The van der Waals surface area contributed by atoms with Crippen LogP contribution < -0.4 is 5.32 Å². The van der Waals surface area contributed by atoms with Gasteiger partial charge >= 0.3 is 5.97 Å². The molecule has 0 aromatic carbocycles. The van der Waals surface area contributed by atoms with E-state index in [1.165, 1.54) is 7.11 Å². The van der Waals surface area contributed by atoms with Gasteiger partial charge in [-0.05, 0) is 25.2 Å². The van der Waals surface area contributed by atoms with Crippen LogP contribution in [0.4, 0.5) is 0 Å².